The Kier molecular flexibility index (Phi) is 3.61. The van der Waals surface area contributed by atoms with Crippen LogP contribution in [-0.4, -0.2) is 24.7 Å². The zero-order valence-electron chi connectivity index (χ0n) is 7.42. The molecular weight excluding hydrogens is 196 g/mol. The van der Waals surface area contributed by atoms with Gasteiger partial charge in [-0.05, 0) is 20.8 Å². The lowest BCUT2D eigenvalue weighted by molar-refractivity contribution is 0.550. The molecule has 72 valence electrons. The van der Waals surface area contributed by atoms with Gasteiger partial charge in [0.1, 0.15) is 0 Å². The van der Waals surface area contributed by atoms with Gasteiger partial charge in [-0.15, -0.1) is 0 Å². The van der Waals surface area contributed by atoms with Gasteiger partial charge in [0.25, 0.3) is 0 Å². The maximum absolute atomic E-state index is 11.3. The maximum atomic E-state index is 11.3. The molecule has 0 spiro atoms. The van der Waals surface area contributed by atoms with Crippen LogP contribution >= 0.6 is 12.2 Å². The van der Waals surface area contributed by atoms with Crippen molar-refractivity contribution in [1.82, 2.24) is 4.72 Å². The Morgan fingerprint density at radius 2 is 1.92 bits per heavy atom. The van der Waals surface area contributed by atoms with E-state index in [0.717, 1.165) is 0 Å². The molecule has 0 saturated carbocycles. The maximum Gasteiger partial charge on any atom is 0.216 e. The lowest BCUT2D eigenvalue weighted by Gasteiger charge is -2.19. The van der Waals surface area contributed by atoms with Crippen molar-refractivity contribution >= 4 is 27.2 Å². The first kappa shape index (κ1) is 11.8. The van der Waals surface area contributed by atoms with Crippen molar-refractivity contribution in [1.29, 1.82) is 0 Å². The topological polar surface area (TPSA) is 72.2 Å². The van der Waals surface area contributed by atoms with Crippen molar-refractivity contribution in [3.05, 3.63) is 0 Å². The quantitative estimate of drug-likeness (QED) is 0.643. The largest absolute Gasteiger partial charge is 0.392 e. The fraction of sp³-hybridized carbons (Fsp3) is 0.833. The van der Waals surface area contributed by atoms with Gasteiger partial charge in [0, 0.05) is 0 Å². The van der Waals surface area contributed by atoms with E-state index in [1.807, 2.05) is 0 Å². The fourth-order valence-electron chi connectivity index (χ4n) is 0.383. The lowest BCUT2D eigenvalue weighted by atomic mass is 10.3. The van der Waals surface area contributed by atoms with Gasteiger partial charge in [-0.1, -0.05) is 12.2 Å². The van der Waals surface area contributed by atoms with Crippen LogP contribution in [0.1, 0.15) is 20.8 Å². The SMILES string of the molecule is CC(C)(C)S(=O)(=O)NCC(N)=S. The van der Waals surface area contributed by atoms with E-state index >= 15 is 0 Å². The number of thiocarbonyl (C=S) groups is 1. The first-order valence-electron chi connectivity index (χ1n) is 3.44. The molecule has 0 saturated heterocycles. The van der Waals surface area contributed by atoms with Crippen molar-refractivity contribution in [2.75, 3.05) is 6.54 Å². The summed E-state index contributed by atoms with van der Waals surface area (Å²) in [6.07, 6.45) is 0. The van der Waals surface area contributed by atoms with Crippen molar-refractivity contribution in [3.8, 4) is 0 Å². The van der Waals surface area contributed by atoms with E-state index < -0.39 is 14.8 Å². The molecule has 0 aromatic carbocycles. The Labute approximate surface area is 78.6 Å². The van der Waals surface area contributed by atoms with Crippen molar-refractivity contribution < 1.29 is 8.42 Å². The molecule has 6 heteroatoms. The summed E-state index contributed by atoms with van der Waals surface area (Å²) in [6, 6.07) is 0. The first-order chi connectivity index (χ1) is 5.17. The van der Waals surface area contributed by atoms with Gasteiger partial charge >= 0.3 is 0 Å². The van der Waals surface area contributed by atoms with Gasteiger partial charge in [-0.3, -0.25) is 0 Å². The van der Waals surface area contributed by atoms with Gasteiger partial charge in [-0.25, -0.2) is 13.1 Å². The minimum atomic E-state index is -3.31. The standard InChI is InChI=1S/C6H14N2O2S2/c1-6(2,3)12(9,10)8-4-5(7)11/h8H,4H2,1-3H3,(H2,7,11). The summed E-state index contributed by atoms with van der Waals surface area (Å²) < 4.78 is 24.1. The van der Waals surface area contributed by atoms with E-state index in [1.165, 1.54) is 0 Å². The molecule has 3 N–H and O–H groups in total. The Morgan fingerprint density at radius 1 is 1.50 bits per heavy atom. The summed E-state index contributed by atoms with van der Waals surface area (Å²) in [4.78, 5) is 0.142. The van der Waals surface area contributed by atoms with E-state index in [-0.39, 0.29) is 11.5 Å². The lowest BCUT2D eigenvalue weighted by Crippen LogP contribution is -2.42. The highest BCUT2D eigenvalue weighted by atomic mass is 32.2. The molecule has 0 rings (SSSR count). The number of hydrogen-bond donors (Lipinski definition) is 2. The molecule has 12 heavy (non-hydrogen) atoms. The van der Waals surface area contributed by atoms with Gasteiger partial charge in [-0.2, -0.15) is 0 Å². The third-order valence-electron chi connectivity index (χ3n) is 1.24. The molecule has 0 aliphatic rings. The van der Waals surface area contributed by atoms with Crippen LogP contribution in [0.2, 0.25) is 0 Å². The molecule has 0 amide bonds. The van der Waals surface area contributed by atoms with Crippen LogP contribution in [0.4, 0.5) is 0 Å². The molecule has 0 aliphatic heterocycles. The van der Waals surface area contributed by atoms with E-state index in [1.54, 1.807) is 20.8 Å². The zero-order chi connectivity index (χ0) is 9.99. The molecule has 0 bridgehead atoms. The van der Waals surface area contributed by atoms with Crippen molar-refractivity contribution in [2.24, 2.45) is 5.73 Å². The van der Waals surface area contributed by atoms with Crippen LogP contribution in [0, 0.1) is 0 Å². The number of nitrogens with two attached hydrogens (primary N) is 1. The Balaban J connectivity index is 4.37. The van der Waals surface area contributed by atoms with Gasteiger partial charge < -0.3 is 5.73 Å². The monoisotopic (exact) mass is 210 g/mol. The molecule has 0 unspecified atom stereocenters. The summed E-state index contributed by atoms with van der Waals surface area (Å²) >= 11 is 4.54. The van der Waals surface area contributed by atoms with Crippen LogP contribution in [0.5, 0.6) is 0 Å². The Hall–Kier alpha value is -0.200. The van der Waals surface area contributed by atoms with Gasteiger partial charge in [0.05, 0.1) is 16.3 Å². The molecule has 0 atom stereocenters. The van der Waals surface area contributed by atoms with Crippen LogP contribution in [0.15, 0.2) is 0 Å². The zero-order valence-corrected chi connectivity index (χ0v) is 9.05. The second-order valence-electron chi connectivity index (χ2n) is 3.40. The third-order valence-corrected chi connectivity index (χ3v) is 3.52. The smallest absolute Gasteiger partial charge is 0.216 e. The van der Waals surface area contributed by atoms with Gasteiger partial charge in [0.2, 0.25) is 10.0 Å². The van der Waals surface area contributed by atoms with Crippen LogP contribution in [0.3, 0.4) is 0 Å². The van der Waals surface area contributed by atoms with E-state index in [4.69, 9.17) is 5.73 Å². The summed E-state index contributed by atoms with van der Waals surface area (Å²) in [5, 5.41) is 0. The Morgan fingerprint density at radius 3 is 2.17 bits per heavy atom. The molecule has 0 aliphatic carbocycles. The minimum Gasteiger partial charge on any atom is -0.392 e. The number of nitrogens with one attached hydrogen (secondary N) is 1. The first-order valence-corrected chi connectivity index (χ1v) is 5.33. The summed E-state index contributed by atoms with van der Waals surface area (Å²) in [7, 11) is -3.31. The highest BCUT2D eigenvalue weighted by Crippen LogP contribution is 2.12. The van der Waals surface area contributed by atoms with Crippen LogP contribution < -0.4 is 10.5 Å². The number of sulfonamides is 1. The summed E-state index contributed by atoms with van der Waals surface area (Å²) in [5.41, 5.74) is 5.15. The normalized spacial score (nSPS) is 12.9. The van der Waals surface area contributed by atoms with Crippen LogP contribution in [-0.2, 0) is 10.0 Å². The van der Waals surface area contributed by atoms with Gasteiger partial charge in [0.15, 0.2) is 0 Å². The molecule has 0 fully saturated rings. The fourth-order valence-corrected chi connectivity index (χ4v) is 1.32. The van der Waals surface area contributed by atoms with Crippen molar-refractivity contribution in [2.45, 2.75) is 25.5 Å². The Bertz CT molecular complexity index is 264. The average molecular weight is 210 g/mol. The summed E-state index contributed by atoms with van der Waals surface area (Å²) in [6.45, 7) is 4.84. The van der Waals surface area contributed by atoms with E-state index in [9.17, 15) is 8.42 Å². The molecule has 0 radical (unpaired) electrons. The third kappa shape index (κ3) is 3.46. The molecule has 0 heterocycles. The van der Waals surface area contributed by atoms with E-state index in [2.05, 4.69) is 16.9 Å². The highest BCUT2D eigenvalue weighted by Gasteiger charge is 2.28. The minimum absolute atomic E-state index is 0.0228. The molecule has 0 aromatic heterocycles. The number of rotatable bonds is 3. The highest BCUT2D eigenvalue weighted by molar-refractivity contribution is 7.90. The average Bonchev–Trinajstić information content (AvgIpc) is 1.81. The van der Waals surface area contributed by atoms with Crippen molar-refractivity contribution in [3.63, 3.8) is 0 Å². The molecule has 0 aromatic rings. The van der Waals surface area contributed by atoms with Crippen LogP contribution in [0.25, 0.3) is 0 Å². The molecular formula is C6H14N2O2S2. The number of hydrogen-bond acceptors (Lipinski definition) is 3. The summed E-state index contributed by atoms with van der Waals surface area (Å²) in [5.74, 6) is 0. The predicted molar refractivity (Wildman–Crippen MR) is 53.5 cm³/mol. The predicted octanol–water partition coefficient (Wildman–Crippen LogP) is -0.00960. The second kappa shape index (κ2) is 3.68. The van der Waals surface area contributed by atoms with E-state index in [0.29, 0.717) is 0 Å². The second-order valence-corrected chi connectivity index (χ2v) is 6.45. The molecule has 4 nitrogen and oxygen atoms in total.